The molecule has 0 spiro atoms. The fourth-order valence-corrected chi connectivity index (χ4v) is 2.05. The molecule has 0 fully saturated rings. The lowest BCUT2D eigenvalue weighted by Gasteiger charge is -2.06. The van der Waals surface area contributed by atoms with Crippen LogP contribution >= 0.6 is 0 Å². The minimum Gasteiger partial charge on any atom is -0.393 e. The summed E-state index contributed by atoms with van der Waals surface area (Å²) in [7, 11) is 0. The normalized spacial score (nSPS) is 12.3. The summed E-state index contributed by atoms with van der Waals surface area (Å²) in [5.74, 6) is 0. The Morgan fingerprint density at radius 1 is 0.875 bits per heavy atom. The van der Waals surface area contributed by atoms with Crippen molar-refractivity contribution < 1.29 is 10.2 Å². The Balaban J connectivity index is 0.000000243. The molecule has 0 aliphatic carbocycles. The average molecular weight is 328 g/mol. The molecule has 2 atom stereocenters. The molecule has 0 aromatic heterocycles. The third kappa shape index (κ3) is 8.92. The van der Waals surface area contributed by atoms with Gasteiger partial charge in [-0.05, 0) is 29.5 Å². The Morgan fingerprint density at radius 3 is 1.75 bits per heavy atom. The number of benzene rings is 2. The molecule has 0 radical (unpaired) electrons. The molecular weight excluding hydrogens is 304 g/mol. The average Bonchev–Trinajstić information content (AvgIpc) is 2.62. The van der Waals surface area contributed by atoms with Gasteiger partial charge in [0.2, 0.25) is 0 Å². The van der Waals surface area contributed by atoms with Gasteiger partial charge in [-0.15, -0.1) is 0 Å². The van der Waals surface area contributed by atoms with Gasteiger partial charge in [0, 0.05) is 11.5 Å². The first kappa shape index (κ1) is 19.7. The molecule has 4 N–H and O–H groups in total. The van der Waals surface area contributed by atoms with Crippen LogP contribution in [0, 0.1) is 0 Å². The number of aliphatic hydroxyl groups is 2. The van der Waals surface area contributed by atoms with Crippen LogP contribution in [0.5, 0.6) is 0 Å². The van der Waals surface area contributed by atoms with E-state index in [1.165, 1.54) is 0 Å². The van der Waals surface area contributed by atoms with E-state index in [0.29, 0.717) is 19.4 Å². The molecule has 0 bridgehead atoms. The van der Waals surface area contributed by atoms with Crippen molar-refractivity contribution in [1.82, 2.24) is 0 Å². The van der Waals surface area contributed by atoms with Crippen LogP contribution in [-0.2, 0) is 12.8 Å². The van der Waals surface area contributed by atoms with Crippen molar-refractivity contribution in [3.63, 3.8) is 0 Å². The van der Waals surface area contributed by atoms with Gasteiger partial charge in [-0.3, -0.25) is 0 Å². The number of rotatable bonds is 7. The Morgan fingerprint density at radius 2 is 1.33 bits per heavy atom. The van der Waals surface area contributed by atoms with Crippen LogP contribution in [0.1, 0.15) is 11.1 Å². The Hall–Kier alpha value is -2.37. The van der Waals surface area contributed by atoms with Gasteiger partial charge in [-0.2, -0.15) is 0 Å². The molecule has 2 rings (SSSR count). The van der Waals surface area contributed by atoms with E-state index in [-0.39, 0.29) is 6.54 Å². The second kappa shape index (κ2) is 12.1. The van der Waals surface area contributed by atoms with Crippen LogP contribution in [-0.4, -0.2) is 35.5 Å². The lowest BCUT2D eigenvalue weighted by Crippen LogP contribution is -2.21. The molecule has 0 heterocycles. The lowest BCUT2D eigenvalue weighted by molar-refractivity contribution is 0.183. The lowest BCUT2D eigenvalue weighted by atomic mass is 10.1. The quantitative estimate of drug-likeness (QED) is 0.412. The summed E-state index contributed by atoms with van der Waals surface area (Å²) >= 11 is 0. The predicted octanol–water partition coefficient (Wildman–Crippen LogP) is 2.45. The number of nitrogens with zero attached hydrogens (tertiary/aromatic N) is 3. The van der Waals surface area contributed by atoms with E-state index in [4.69, 9.17) is 11.3 Å². The van der Waals surface area contributed by atoms with E-state index in [2.05, 4.69) is 10.0 Å². The molecule has 2 aromatic carbocycles. The van der Waals surface area contributed by atoms with Crippen molar-refractivity contribution in [2.24, 2.45) is 10.8 Å². The molecule has 24 heavy (non-hydrogen) atoms. The van der Waals surface area contributed by atoms with Gasteiger partial charge < -0.3 is 15.9 Å². The van der Waals surface area contributed by atoms with Crippen molar-refractivity contribution in [3.8, 4) is 0 Å². The van der Waals surface area contributed by atoms with Crippen LogP contribution in [0.3, 0.4) is 0 Å². The van der Waals surface area contributed by atoms with Gasteiger partial charge in [0.1, 0.15) is 0 Å². The maximum atomic E-state index is 9.37. The molecule has 128 valence electrons. The minimum atomic E-state index is -0.585. The van der Waals surface area contributed by atoms with Crippen molar-refractivity contribution in [2.75, 3.05) is 13.1 Å². The molecular formula is C18H24N4O2. The third-order valence-corrected chi connectivity index (χ3v) is 3.26. The zero-order chi connectivity index (χ0) is 17.6. The first-order valence-electron chi connectivity index (χ1n) is 7.80. The van der Waals surface area contributed by atoms with Crippen LogP contribution in [0.15, 0.2) is 65.8 Å². The molecule has 0 aliphatic rings. The van der Waals surface area contributed by atoms with Gasteiger partial charge >= 0.3 is 0 Å². The minimum absolute atomic E-state index is 0.130. The van der Waals surface area contributed by atoms with E-state index in [9.17, 15) is 10.2 Å². The molecule has 0 saturated carbocycles. The highest BCUT2D eigenvalue weighted by Crippen LogP contribution is 2.03. The van der Waals surface area contributed by atoms with Crippen LogP contribution in [0.2, 0.25) is 0 Å². The molecule has 2 unspecified atom stereocenters. The number of hydrogen-bond acceptors (Lipinski definition) is 4. The van der Waals surface area contributed by atoms with Gasteiger partial charge in [0.15, 0.2) is 0 Å². The van der Waals surface area contributed by atoms with Crippen LogP contribution in [0.25, 0.3) is 10.4 Å². The number of azide groups is 1. The smallest absolute Gasteiger partial charge is 0.0702 e. The van der Waals surface area contributed by atoms with E-state index in [1.807, 2.05) is 60.7 Å². The van der Waals surface area contributed by atoms with Crippen molar-refractivity contribution in [2.45, 2.75) is 25.0 Å². The van der Waals surface area contributed by atoms with E-state index in [1.54, 1.807) is 0 Å². The summed E-state index contributed by atoms with van der Waals surface area (Å²) in [4.78, 5) is 2.58. The molecule has 0 amide bonds. The third-order valence-electron chi connectivity index (χ3n) is 3.26. The highest BCUT2D eigenvalue weighted by atomic mass is 16.3. The molecule has 0 saturated heterocycles. The summed E-state index contributed by atoms with van der Waals surface area (Å²) in [6, 6.07) is 19.4. The van der Waals surface area contributed by atoms with E-state index in [0.717, 1.165) is 11.1 Å². The second-order valence-corrected chi connectivity index (χ2v) is 5.34. The first-order valence-corrected chi connectivity index (χ1v) is 7.80. The van der Waals surface area contributed by atoms with E-state index >= 15 is 0 Å². The van der Waals surface area contributed by atoms with Gasteiger partial charge in [-0.1, -0.05) is 65.8 Å². The van der Waals surface area contributed by atoms with Crippen LogP contribution in [0.4, 0.5) is 0 Å². The highest BCUT2D eigenvalue weighted by molar-refractivity contribution is 5.16. The zero-order valence-electron chi connectivity index (χ0n) is 13.6. The molecule has 2 aromatic rings. The SMILES string of the molecule is NCC(O)Cc1ccccc1.[N-]=[N+]=NCC(O)Cc1ccccc1. The van der Waals surface area contributed by atoms with Gasteiger partial charge in [-0.25, -0.2) is 0 Å². The summed E-state index contributed by atoms with van der Waals surface area (Å²) in [5.41, 5.74) is 15.5. The molecule has 6 nitrogen and oxygen atoms in total. The van der Waals surface area contributed by atoms with Crippen molar-refractivity contribution in [3.05, 3.63) is 82.2 Å². The maximum Gasteiger partial charge on any atom is 0.0702 e. The zero-order valence-corrected chi connectivity index (χ0v) is 13.6. The Kier molecular flexibility index (Phi) is 9.92. The van der Waals surface area contributed by atoms with Gasteiger partial charge in [0.05, 0.1) is 18.8 Å². The maximum absolute atomic E-state index is 9.37. The first-order chi connectivity index (χ1) is 11.7. The van der Waals surface area contributed by atoms with E-state index < -0.39 is 12.2 Å². The summed E-state index contributed by atoms with van der Waals surface area (Å²) in [6.45, 7) is 0.459. The molecule has 0 aliphatic heterocycles. The standard InChI is InChI=1S/C9H11N3O.C9H13NO/c10-12-11-7-9(13)6-8-4-2-1-3-5-8;10-7-9(11)6-8-4-2-1-3-5-8/h1-5,9,13H,6-7H2;1-5,9,11H,6-7,10H2. The fourth-order valence-electron chi connectivity index (χ4n) is 2.05. The number of hydrogen-bond donors (Lipinski definition) is 3. The highest BCUT2D eigenvalue weighted by Gasteiger charge is 2.02. The van der Waals surface area contributed by atoms with Gasteiger partial charge in [0.25, 0.3) is 0 Å². The van der Waals surface area contributed by atoms with Crippen molar-refractivity contribution in [1.29, 1.82) is 0 Å². The van der Waals surface area contributed by atoms with Crippen molar-refractivity contribution >= 4 is 0 Å². The summed E-state index contributed by atoms with van der Waals surface area (Å²) in [6.07, 6.45) is 0.188. The summed E-state index contributed by atoms with van der Waals surface area (Å²) < 4.78 is 0. The topological polar surface area (TPSA) is 115 Å². The monoisotopic (exact) mass is 328 g/mol. The number of nitrogens with two attached hydrogens (primary N) is 1. The Bertz CT molecular complexity index is 601. The molecule has 6 heteroatoms. The number of aliphatic hydroxyl groups excluding tert-OH is 2. The Labute approximate surface area is 142 Å². The largest absolute Gasteiger partial charge is 0.393 e. The van der Waals surface area contributed by atoms with Crippen LogP contribution < -0.4 is 5.73 Å². The fraction of sp³-hybridized carbons (Fsp3) is 0.333. The second-order valence-electron chi connectivity index (χ2n) is 5.34. The predicted molar refractivity (Wildman–Crippen MR) is 95.4 cm³/mol. The summed E-state index contributed by atoms with van der Waals surface area (Å²) in [5, 5.41) is 21.9.